The lowest BCUT2D eigenvalue weighted by Gasteiger charge is -2.17. The van der Waals surface area contributed by atoms with Gasteiger partial charge in [0.2, 0.25) is 10.0 Å². The Balaban J connectivity index is 1.79. The lowest BCUT2D eigenvalue weighted by Crippen LogP contribution is -2.28. The average molecular weight is 390 g/mol. The second kappa shape index (κ2) is 7.48. The van der Waals surface area contributed by atoms with Gasteiger partial charge in [0.15, 0.2) is 11.5 Å². The molecular formula is C19H22N2O5S. The summed E-state index contributed by atoms with van der Waals surface area (Å²) in [5.74, 6) is 0.867. The lowest BCUT2D eigenvalue weighted by atomic mass is 10.1. The van der Waals surface area contributed by atoms with Crippen LogP contribution in [0.3, 0.4) is 0 Å². The quantitative estimate of drug-likeness (QED) is 0.815. The minimum atomic E-state index is -3.36. The number of anilines is 1. The van der Waals surface area contributed by atoms with Crippen LogP contribution in [0.15, 0.2) is 36.4 Å². The van der Waals surface area contributed by atoms with Gasteiger partial charge in [-0.15, -0.1) is 0 Å². The van der Waals surface area contributed by atoms with Gasteiger partial charge in [-0.1, -0.05) is 18.2 Å². The molecule has 27 heavy (non-hydrogen) atoms. The third kappa shape index (κ3) is 3.85. The molecular weight excluding hydrogens is 368 g/mol. The Morgan fingerprint density at radius 1 is 1.19 bits per heavy atom. The summed E-state index contributed by atoms with van der Waals surface area (Å²) in [7, 11) is -0.260. The molecule has 0 saturated heterocycles. The summed E-state index contributed by atoms with van der Waals surface area (Å²) >= 11 is 0. The Hall–Kier alpha value is -2.74. The summed E-state index contributed by atoms with van der Waals surface area (Å²) in [6.07, 6.45) is 1.81. The monoisotopic (exact) mass is 390 g/mol. The van der Waals surface area contributed by atoms with Crippen LogP contribution in [0.25, 0.3) is 0 Å². The van der Waals surface area contributed by atoms with Crippen LogP contribution in [0, 0.1) is 0 Å². The van der Waals surface area contributed by atoms with Gasteiger partial charge in [-0.05, 0) is 30.2 Å². The molecule has 0 fully saturated rings. The lowest BCUT2D eigenvalue weighted by molar-refractivity contribution is 0.0950. The van der Waals surface area contributed by atoms with Gasteiger partial charge < -0.3 is 14.8 Å². The van der Waals surface area contributed by atoms with Crippen LogP contribution < -0.4 is 19.1 Å². The maximum absolute atomic E-state index is 12.6. The predicted octanol–water partition coefficient (Wildman–Crippen LogP) is 1.96. The number of amides is 1. The third-order valence-corrected chi connectivity index (χ3v) is 5.70. The molecule has 0 aromatic heterocycles. The van der Waals surface area contributed by atoms with Crippen molar-refractivity contribution in [1.82, 2.24) is 5.32 Å². The highest BCUT2D eigenvalue weighted by Gasteiger charge is 2.27. The van der Waals surface area contributed by atoms with Gasteiger partial charge in [0, 0.05) is 24.2 Å². The molecule has 0 aliphatic carbocycles. The number of ether oxygens (including phenoxy) is 2. The molecule has 0 radical (unpaired) electrons. The largest absolute Gasteiger partial charge is 0.493 e. The summed E-state index contributed by atoms with van der Waals surface area (Å²) in [5.41, 5.74) is 2.69. The first-order chi connectivity index (χ1) is 12.8. The van der Waals surface area contributed by atoms with Crippen molar-refractivity contribution in [2.45, 2.75) is 13.0 Å². The molecule has 2 aromatic carbocycles. The molecule has 0 spiro atoms. The van der Waals surface area contributed by atoms with E-state index in [1.807, 2.05) is 18.2 Å². The molecule has 1 N–H and O–H groups in total. The molecule has 0 atom stereocenters. The van der Waals surface area contributed by atoms with E-state index in [0.29, 0.717) is 35.7 Å². The van der Waals surface area contributed by atoms with Crippen LogP contribution in [0.2, 0.25) is 0 Å². The number of para-hydroxylation sites is 1. The minimum absolute atomic E-state index is 0.256. The number of hydrogen-bond acceptors (Lipinski definition) is 5. The second-order valence-electron chi connectivity index (χ2n) is 6.26. The van der Waals surface area contributed by atoms with Crippen molar-refractivity contribution in [2.75, 3.05) is 31.3 Å². The van der Waals surface area contributed by atoms with E-state index in [-0.39, 0.29) is 12.5 Å². The molecule has 1 aliphatic heterocycles. The smallest absolute Gasteiger partial charge is 0.251 e. The van der Waals surface area contributed by atoms with Gasteiger partial charge >= 0.3 is 0 Å². The first-order valence-electron chi connectivity index (χ1n) is 8.44. The summed E-state index contributed by atoms with van der Waals surface area (Å²) in [5, 5.41) is 2.84. The van der Waals surface area contributed by atoms with E-state index in [1.54, 1.807) is 32.4 Å². The van der Waals surface area contributed by atoms with Crippen molar-refractivity contribution in [3.8, 4) is 11.5 Å². The highest BCUT2D eigenvalue weighted by Crippen LogP contribution is 2.32. The number of fused-ring (bicyclic) bond motifs is 1. The number of benzene rings is 2. The van der Waals surface area contributed by atoms with Crippen molar-refractivity contribution < 1.29 is 22.7 Å². The number of carbonyl (C=O) groups is 1. The second-order valence-corrected chi connectivity index (χ2v) is 8.17. The van der Waals surface area contributed by atoms with Gasteiger partial charge in [0.25, 0.3) is 5.91 Å². The van der Waals surface area contributed by atoms with E-state index < -0.39 is 10.0 Å². The fourth-order valence-electron chi connectivity index (χ4n) is 3.21. The number of sulfonamides is 1. The first-order valence-corrected chi connectivity index (χ1v) is 10.3. The SMILES string of the molecule is COc1cccc(CNC(=O)c2ccc3c(c2)N(S(C)(=O)=O)CC3)c1OC. The Morgan fingerprint density at radius 2 is 1.96 bits per heavy atom. The fraction of sp³-hybridized carbons (Fsp3) is 0.316. The van der Waals surface area contributed by atoms with Crippen molar-refractivity contribution in [2.24, 2.45) is 0 Å². The van der Waals surface area contributed by atoms with Crippen molar-refractivity contribution in [3.05, 3.63) is 53.1 Å². The van der Waals surface area contributed by atoms with Crippen molar-refractivity contribution in [3.63, 3.8) is 0 Å². The van der Waals surface area contributed by atoms with Gasteiger partial charge in [-0.2, -0.15) is 0 Å². The normalized spacial score (nSPS) is 13.2. The molecule has 8 heteroatoms. The highest BCUT2D eigenvalue weighted by atomic mass is 32.2. The molecule has 1 amide bonds. The zero-order chi connectivity index (χ0) is 19.6. The van der Waals surface area contributed by atoms with Crippen molar-refractivity contribution >= 4 is 21.6 Å². The van der Waals surface area contributed by atoms with Crippen LogP contribution in [0.5, 0.6) is 11.5 Å². The van der Waals surface area contributed by atoms with Crippen LogP contribution in [-0.4, -0.2) is 41.3 Å². The first kappa shape index (κ1) is 19.0. The number of carbonyl (C=O) groups excluding carboxylic acids is 1. The van der Waals surface area contributed by atoms with E-state index in [1.165, 1.54) is 10.6 Å². The third-order valence-electron chi connectivity index (χ3n) is 4.52. The van der Waals surface area contributed by atoms with E-state index in [0.717, 1.165) is 11.1 Å². The summed E-state index contributed by atoms with van der Waals surface area (Å²) in [6, 6.07) is 10.6. The Bertz CT molecular complexity index is 972. The average Bonchev–Trinajstić information content (AvgIpc) is 3.09. The van der Waals surface area contributed by atoms with E-state index in [9.17, 15) is 13.2 Å². The summed E-state index contributed by atoms with van der Waals surface area (Å²) in [4.78, 5) is 12.6. The van der Waals surface area contributed by atoms with Crippen LogP contribution >= 0.6 is 0 Å². The number of nitrogens with zero attached hydrogens (tertiary/aromatic N) is 1. The fourth-order valence-corrected chi connectivity index (χ4v) is 4.16. The number of nitrogens with one attached hydrogen (secondary N) is 1. The molecule has 0 saturated carbocycles. The molecule has 7 nitrogen and oxygen atoms in total. The molecule has 2 aromatic rings. The minimum Gasteiger partial charge on any atom is -0.493 e. The Labute approximate surface area is 158 Å². The van der Waals surface area contributed by atoms with Gasteiger partial charge in [-0.3, -0.25) is 9.10 Å². The van der Waals surface area contributed by atoms with Gasteiger partial charge in [0.1, 0.15) is 0 Å². The summed E-state index contributed by atoms with van der Waals surface area (Å²) in [6.45, 7) is 0.659. The zero-order valence-corrected chi connectivity index (χ0v) is 16.3. The summed E-state index contributed by atoms with van der Waals surface area (Å²) < 4.78 is 35.8. The van der Waals surface area contributed by atoms with E-state index in [4.69, 9.17) is 9.47 Å². The molecule has 0 bridgehead atoms. The maximum atomic E-state index is 12.6. The van der Waals surface area contributed by atoms with Gasteiger partial charge in [0.05, 0.1) is 26.2 Å². The molecule has 1 heterocycles. The van der Waals surface area contributed by atoms with Crippen molar-refractivity contribution in [1.29, 1.82) is 0 Å². The predicted molar refractivity (Wildman–Crippen MR) is 103 cm³/mol. The number of methoxy groups -OCH3 is 2. The highest BCUT2D eigenvalue weighted by molar-refractivity contribution is 7.92. The maximum Gasteiger partial charge on any atom is 0.251 e. The standard InChI is InChI=1S/C19H22N2O5S/c1-25-17-6-4-5-15(18(17)26-2)12-20-19(22)14-8-7-13-9-10-21(16(13)11-14)27(3,23)24/h4-8,11H,9-10,12H2,1-3H3,(H,20,22). The molecule has 1 aliphatic rings. The van der Waals surface area contributed by atoms with Crippen LogP contribution in [-0.2, 0) is 23.0 Å². The molecule has 0 unspecified atom stereocenters. The van der Waals surface area contributed by atoms with E-state index in [2.05, 4.69) is 5.32 Å². The van der Waals surface area contributed by atoms with Crippen LogP contribution in [0.4, 0.5) is 5.69 Å². The zero-order valence-electron chi connectivity index (χ0n) is 15.5. The molecule has 3 rings (SSSR count). The molecule has 144 valence electrons. The Kier molecular flexibility index (Phi) is 5.27. The Morgan fingerprint density at radius 3 is 2.63 bits per heavy atom. The topological polar surface area (TPSA) is 84.9 Å². The van der Waals surface area contributed by atoms with E-state index >= 15 is 0 Å². The van der Waals surface area contributed by atoms with Gasteiger partial charge in [-0.25, -0.2) is 8.42 Å². The van der Waals surface area contributed by atoms with Crippen LogP contribution in [0.1, 0.15) is 21.5 Å². The number of hydrogen-bond donors (Lipinski definition) is 1. The number of rotatable bonds is 6.